The summed E-state index contributed by atoms with van der Waals surface area (Å²) in [7, 11) is -0.317. The van der Waals surface area contributed by atoms with E-state index >= 15 is 0 Å². The Labute approximate surface area is 159 Å². The zero-order valence-corrected chi connectivity index (χ0v) is 21.0. The SMILES string of the molecule is CO[Si](C)(C)C(CCCCC1=CC=CC1)([Si](C)(C)OC)[Si](C)(C)OC. The minimum atomic E-state index is -2.00. The maximum atomic E-state index is 6.24. The Hall–Kier alpha value is 0.0106. The van der Waals surface area contributed by atoms with Crippen molar-refractivity contribution in [3.63, 3.8) is 0 Å². The van der Waals surface area contributed by atoms with Gasteiger partial charge in [0.25, 0.3) is 0 Å². The number of hydrogen-bond donors (Lipinski definition) is 0. The minimum Gasteiger partial charge on any atom is -0.420 e. The molecule has 0 aliphatic heterocycles. The van der Waals surface area contributed by atoms with Crippen LogP contribution in [0.2, 0.25) is 43.6 Å². The van der Waals surface area contributed by atoms with E-state index in [-0.39, 0.29) is 4.28 Å². The maximum Gasteiger partial charge on any atom is 0.191 e. The molecular weight excluding hydrogens is 360 g/mol. The van der Waals surface area contributed by atoms with Crippen molar-refractivity contribution in [2.24, 2.45) is 0 Å². The molecule has 0 aromatic carbocycles. The fourth-order valence-electron chi connectivity index (χ4n) is 5.02. The largest absolute Gasteiger partial charge is 0.420 e. The Morgan fingerprint density at radius 1 is 0.840 bits per heavy atom. The van der Waals surface area contributed by atoms with Crippen molar-refractivity contribution in [2.75, 3.05) is 21.3 Å². The van der Waals surface area contributed by atoms with Crippen LogP contribution < -0.4 is 0 Å². The second kappa shape index (κ2) is 8.80. The highest BCUT2D eigenvalue weighted by atomic mass is 28.5. The molecule has 1 aliphatic rings. The van der Waals surface area contributed by atoms with Gasteiger partial charge in [0.2, 0.25) is 0 Å². The zero-order chi connectivity index (χ0) is 19.4. The van der Waals surface area contributed by atoms with Gasteiger partial charge in [-0.1, -0.05) is 30.2 Å². The Morgan fingerprint density at radius 3 is 1.68 bits per heavy atom. The molecule has 25 heavy (non-hydrogen) atoms. The zero-order valence-electron chi connectivity index (χ0n) is 18.0. The van der Waals surface area contributed by atoms with Gasteiger partial charge in [-0.25, -0.2) is 0 Å². The quantitative estimate of drug-likeness (QED) is 0.324. The van der Waals surface area contributed by atoms with Gasteiger partial charge in [-0.2, -0.15) is 0 Å². The van der Waals surface area contributed by atoms with Gasteiger partial charge in [0.05, 0.1) is 0 Å². The molecule has 1 rings (SSSR count). The summed E-state index contributed by atoms with van der Waals surface area (Å²) in [5.41, 5.74) is 1.57. The van der Waals surface area contributed by atoms with Gasteiger partial charge < -0.3 is 13.3 Å². The number of rotatable bonds is 11. The second-order valence-corrected chi connectivity index (χ2v) is 23.1. The molecule has 0 N–H and O–H groups in total. The van der Waals surface area contributed by atoms with E-state index in [2.05, 4.69) is 57.5 Å². The summed E-state index contributed by atoms with van der Waals surface area (Å²) in [6.07, 6.45) is 12.7. The van der Waals surface area contributed by atoms with Crippen LogP contribution in [0.4, 0.5) is 0 Å². The van der Waals surface area contributed by atoms with Gasteiger partial charge in [0.1, 0.15) is 0 Å². The molecule has 0 saturated heterocycles. The lowest BCUT2D eigenvalue weighted by Gasteiger charge is -2.58. The maximum absolute atomic E-state index is 6.24. The van der Waals surface area contributed by atoms with E-state index in [1.807, 2.05) is 21.3 Å². The molecule has 0 spiro atoms. The van der Waals surface area contributed by atoms with Gasteiger partial charge in [-0.05, 0) is 65.0 Å². The topological polar surface area (TPSA) is 27.7 Å². The molecule has 0 aromatic heterocycles. The van der Waals surface area contributed by atoms with Gasteiger partial charge in [-0.3, -0.25) is 0 Å². The molecule has 0 radical (unpaired) electrons. The number of allylic oxidation sites excluding steroid dienone is 4. The molecule has 6 heteroatoms. The highest BCUT2D eigenvalue weighted by molar-refractivity contribution is 7.10. The average Bonchev–Trinajstić information content (AvgIpc) is 3.07. The van der Waals surface area contributed by atoms with Gasteiger partial charge in [0.15, 0.2) is 25.0 Å². The van der Waals surface area contributed by atoms with Crippen molar-refractivity contribution < 1.29 is 13.3 Å². The predicted molar refractivity (Wildman–Crippen MR) is 116 cm³/mol. The number of hydrogen-bond acceptors (Lipinski definition) is 3. The van der Waals surface area contributed by atoms with E-state index < -0.39 is 25.0 Å². The molecule has 0 unspecified atom stereocenters. The fourth-order valence-corrected chi connectivity index (χ4v) is 27.6. The van der Waals surface area contributed by atoms with Gasteiger partial charge in [0, 0.05) is 25.6 Å². The van der Waals surface area contributed by atoms with Gasteiger partial charge >= 0.3 is 0 Å². The van der Waals surface area contributed by atoms with Crippen LogP contribution in [0.3, 0.4) is 0 Å². The molecule has 3 nitrogen and oxygen atoms in total. The van der Waals surface area contributed by atoms with Crippen molar-refractivity contribution in [2.45, 2.75) is 75.7 Å². The van der Waals surface area contributed by atoms with E-state index in [9.17, 15) is 0 Å². The van der Waals surface area contributed by atoms with Crippen LogP contribution in [0, 0.1) is 0 Å². The molecule has 0 fully saturated rings. The average molecular weight is 401 g/mol. The van der Waals surface area contributed by atoms with Crippen LogP contribution in [-0.2, 0) is 13.3 Å². The fraction of sp³-hybridized carbons (Fsp3) is 0.789. The first-order valence-corrected chi connectivity index (χ1v) is 18.2. The van der Waals surface area contributed by atoms with Crippen molar-refractivity contribution >= 4 is 25.0 Å². The smallest absolute Gasteiger partial charge is 0.191 e. The first kappa shape index (κ1) is 23.1. The highest BCUT2D eigenvalue weighted by Crippen LogP contribution is 2.57. The lowest BCUT2D eigenvalue weighted by Crippen LogP contribution is -2.70. The summed E-state index contributed by atoms with van der Waals surface area (Å²) in [4.78, 5) is 0. The Bertz CT molecular complexity index is 455. The highest BCUT2D eigenvalue weighted by Gasteiger charge is 2.67. The van der Waals surface area contributed by atoms with E-state index in [4.69, 9.17) is 13.3 Å². The normalized spacial score (nSPS) is 16.4. The summed E-state index contributed by atoms with van der Waals surface area (Å²) in [6.45, 7) is 14.2. The van der Waals surface area contributed by atoms with Crippen LogP contribution in [-0.4, -0.2) is 46.3 Å². The molecular formula is C19H40O3Si3. The van der Waals surface area contributed by atoms with Crippen LogP contribution in [0.1, 0.15) is 32.1 Å². The molecule has 0 bridgehead atoms. The van der Waals surface area contributed by atoms with Gasteiger partial charge in [-0.15, -0.1) is 0 Å². The van der Waals surface area contributed by atoms with Crippen LogP contribution in [0.25, 0.3) is 0 Å². The summed E-state index contributed by atoms with van der Waals surface area (Å²) in [5.74, 6) is 0. The van der Waals surface area contributed by atoms with E-state index in [0.717, 1.165) is 6.42 Å². The first-order chi connectivity index (χ1) is 11.5. The third-order valence-electron chi connectivity index (χ3n) is 6.76. The van der Waals surface area contributed by atoms with Crippen molar-refractivity contribution in [3.05, 3.63) is 23.8 Å². The molecule has 0 heterocycles. The minimum absolute atomic E-state index is 0.105. The molecule has 0 atom stereocenters. The number of unbranched alkanes of at least 4 members (excludes halogenated alkanes) is 1. The third kappa shape index (κ3) is 4.47. The third-order valence-corrected chi connectivity index (χ3v) is 27.6. The molecule has 1 aliphatic carbocycles. The standard InChI is InChI=1S/C19H40O3Si3/c1-20-23(4,5)19(24(6,7)21-2,25(8,9)22-3)17-13-12-16-18-14-10-11-15-18/h10-11,14H,12-13,15-17H2,1-9H3. The Kier molecular flexibility index (Phi) is 8.11. The van der Waals surface area contributed by atoms with E-state index in [0.29, 0.717) is 0 Å². The van der Waals surface area contributed by atoms with Crippen LogP contribution >= 0.6 is 0 Å². The monoisotopic (exact) mass is 400 g/mol. The summed E-state index contributed by atoms with van der Waals surface area (Å²) >= 11 is 0. The van der Waals surface area contributed by atoms with Crippen molar-refractivity contribution in [1.82, 2.24) is 0 Å². The van der Waals surface area contributed by atoms with Crippen molar-refractivity contribution in [3.8, 4) is 0 Å². The molecule has 0 saturated carbocycles. The Balaban J connectivity index is 3.11. The first-order valence-electron chi connectivity index (χ1n) is 9.51. The molecule has 0 amide bonds. The Morgan fingerprint density at radius 2 is 1.32 bits per heavy atom. The summed E-state index contributed by atoms with van der Waals surface area (Å²) in [6, 6.07) is 0. The van der Waals surface area contributed by atoms with Crippen LogP contribution in [0.5, 0.6) is 0 Å². The lowest BCUT2D eigenvalue weighted by molar-refractivity contribution is 0.324. The van der Waals surface area contributed by atoms with E-state index in [1.165, 1.54) is 25.7 Å². The van der Waals surface area contributed by atoms with Crippen molar-refractivity contribution in [1.29, 1.82) is 0 Å². The van der Waals surface area contributed by atoms with Crippen LogP contribution in [0.15, 0.2) is 23.8 Å². The van der Waals surface area contributed by atoms with E-state index in [1.54, 1.807) is 5.57 Å². The summed E-state index contributed by atoms with van der Waals surface area (Å²) < 4.78 is 18.8. The summed E-state index contributed by atoms with van der Waals surface area (Å²) in [5, 5.41) is 0. The predicted octanol–water partition coefficient (Wildman–Crippen LogP) is 5.81. The second-order valence-electron chi connectivity index (χ2n) is 8.71. The lowest BCUT2D eigenvalue weighted by atomic mass is 10.1. The molecule has 146 valence electrons. The molecule has 0 aromatic rings.